The quantitative estimate of drug-likeness (QED) is 0.919. The highest BCUT2D eigenvalue weighted by molar-refractivity contribution is 5.92. The predicted octanol–water partition coefficient (Wildman–Crippen LogP) is 2.10. The Kier molecular flexibility index (Phi) is 3.72. The first kappa shape index (κ1) is 14.1. The molecular weight excluding hydrogens is 262 g/mol. The van der Waals surface area contributed by atoms with Crippen LogP contribution in [0.3, 0.4) is 0 Å². The molecular formula is C17H23N3O. The maximum absolute atomic E-state index is 12.3. The van der Waals surface area contributed by atoms with Crippen molar-refractivity contribution in [3.8, 4) is 0 Å². The van der Waals surface area contributed by atoms with Gasteiger partial charge >= 0.3 is 0 Å². The summed E-state index contributed by atoms with van der Waals surface area (Å²) in [6.45, 7) is 3.89. The molecule has 1 aromatic carbocycles. The number of fused-ring (bicyclic) bond motifs is 1. The second-order valence-electron chi connectivity index (χ2n) is 6.16. The maximum Gasteiger partial charge on any atom is 0.252 e. The molecule has 2 unspecified atom stereocenters. The number of hydrogen-bond acceptors (Lipinski definition) is 3. The molecule has 1 aromatic heterocycles. The molecule has 0 bridgehead atoms. The summed E-state index contributed by atoms with van der Waals surface area (Å²) < 4.78 is 1.71. The molecule has 0 aliphatic carbocycles. The van der Waals surface area contributed by atoms with E-state index < -0.39 is 0 Å². The molecule has 0 amide bonds. The van der Waals surface area contributed by atoms with E-state index in [-0.39, 0.29) is 5.56 Å². The van der Waals surface area contributed by atoms with Crippen molar-refractivity contribution in [1.82, 2.24) is 4.57 Å². The van der Waals surface area contributed by atoms with E-state index in [0.717, 1.165) is 36.0 Å². The van der Waals surface area contributed by atoms with Crippen molar-refractivity contribution in [3.05, 3.63) is 40.7 Å². The number of rotatable bonds is 2. The minimum atomic E-state index is 0.0399. The van der Waals surface area contributed by atoms with Crippen LogP contribution in [0.5, 0.6) is 0 Å². The first-order valence-electron chi connectivity index (χ1n) is 7.67. The number of pyridine rings is 1. The zero-order valence-corrected chi connectivity index (χ0v) is 12.7. The fraction of sp³-hybridized carbons (Fsp3) is 0.471. The molecule has 4 nitrogen and oxygen atoms in total. The standard InChI is InChI=1S/C17H23N3O/c1-12-7-8-20(13(9-12)11-18)16-10-17(21)19(2)15-6-4-3-5-14(15)16/h3-6,10,12-13H,7-9,11,18H2,1-2H3. The molecule has 1 fully saturated rings. The van der Waals surface area contributed by atoms with Crippen molar-refractivity contribution < 1.29 is 0 Å². The lowest BCUT2D eigenvalue weighted by atomic mass is 9.91. The summed E-state index contributed by atoms with van der Waals surface area (Å²) in [5.74, 6) is 0.701. The fourth-order valence-corrected chi connectivity index (χ4v) is 3.42. The van der Waals surface area contributed by atoms with Gasteiger partial charge in [0.2, 0.25) is 0 Å². The van der Waals surface area contributed by atoms with Crippen LogP contribution >= 0.6 is 0 Å². The molecule has 2 aromatic rings. The first-order valence-corrected chi connectivity index (χ1v) is 7.67. The molecule has 1 saturated heterocycles. The molecule has 2 atom stereocenters. The molecule has 2 heterocycles. The van der Waals surface area contributed by atoms with E-state index in [1.165, 1.54) is 0 Å². The number of para-hydroxylation sites is 1. The van der Waals surface area contributed by atoms with Crippen LogP contribution < -0.4 is 16.2 Å². The Morgan fingerprint density at radius 2 is 2.10 bits per heavy atom. The molecule has 3 rings (SSSR count). The molecule has 0 spiro atoms. The van der Waals surface area contributed by atoms with Crippen LogP contribution in [0.4, 0.5) is 5.69 Å². The van der Waals surface area contributed by atoms with Crippen LogP contribution in [-0.4, -0.2) is 23.7 Å². The molecule has 2 N–H and O–H groups in total. The lowest BCUT2D eigenvalue weighted by molar-refractivity contribution is 0.367. The molecule has 1 aliphatic rings. The van der Waals surface area contributed by atoms with E-state index in [2.05, 4.69) is 17.9 Å². The van der Waals surface area contributed by atoms with Gasteiger partial charge in [-0.15, -0.1) is 0 Å². The summed E-state index contributed by atoms with van der Waals surface area (Å²) >= 11 is 0. The fourth-order valence-electron chi connectivity index (χ4n) is 3.42. The SMILES string of the molecule is CC1CCN(c2cc(=O)n(C)c3ccccc23)C(CN)C1. The average Bonchev–Trinajstić information content (AvgIpc) is 2.51. The van der Waals surface area contributed by atoms with Gasteiger partial charge in [-0.3, -0.25) is 4.79 Å². The van der Waals surface area contributed by atoms with Crippen molar-refractivity contribution >= 4 is 16.6 Å². The Morgan fingerprint density at radius 1 is 1.33 bits per heavy atom. The third kappa shape index (κ3) is 2.44. The number of anilines is 1. The van der Waals surface area contributed by atoms with Crippen LogP contribution in [0.1, 0.15) is 19.8 Å². The number of hydrogen-bond donors (Lipinski definition) is 1. The van der Waals surface area contributed by atoms with Crippen molar-refractivity contribution in [2.24, 2.45) is 18.7 Å². The normalized spacial score (nSPS) is 22.7. The lowest BCUT2D eigenvalue weighted by Crippen LogP contribution is -2.46. The molecule has 1 aliphatic heterocycles. The Bertz CT molecular complexity index is 707. The minimum Gasteiger partial charge on any atom is -0.367 e. The molecule has 0 radical (unpaired) electrons. The van der Waals surface area contributed by atoms with Gasteiger partial charge in [-0.25, -0.2) is 0 Å². The molecule has 21 heavy (non-hydrogen) atoms. The number of nitrogens with two attached hydrogens (primary N) is 1. The smallest absolute Gasteiger partial charge is 0.252 e. The van der Waals surface area contributed by atoms with Crippen LogP contribution in [0.2, 0.25) is 0 Å². The lowest BCUT2D eigenvalue weighted by Gasteiger charge is -2.40. The monoisotopic (exact) mass is 285 g/mol. The Hall–Kier alpha value is -1.81. The van der Waals surface area contributed by atoms with Gasteiger partial charge in [0.05, 0.1) is 11.2 Å². The third-order valence-electron chi connectivity index (χ3n) is 4.69. The third-order valence-corrected chi connectivity index (χ3v) is 4.69. The van der Waals surface area contributed by atoms with E-state index in [9.17, 15) is 4.79 Å². The van der Waals surface area contributed by atoms with Gasteiger partial charge in [-0.2, -0.15) is 0 Å². The summed E-state index contributed by atoms with van der Waals surface area (Å²) in [5.41, 5.74) is 8.04. The summed E-state index contributed by atoms with van der Waals surface area (Å²) in [5, 5.41) is 1.13. The van der Waals surface area contributed by atoms with Crippen LogP contribution in [-0.2, 0) is 7.05 Å². The van der Waals surface area contributed by atoms with E-state index in [1.54, 1.807) is 10.6 Å². The maximum atomic E-state index is 12.3. The van der Waals surface area contributed by atoms with Crippen molar-refractivity contribution in [3.63, 3.8) is 0 Å². The van der Waals surface area contributed by atoms with Gasteiger partial charge in [0.1, 0.15) is 0 Å². The molecule has 4 heteroatoms. The van der Waals surface area contributed by atoms with E-state index >= 15 is 0 Å². The minimum absolute atomic E-state index is 0.0399. The number of aromatic nitrogens is 1. The van der Waals surface area contributed by atoms with Crippen molar-refractivity contribution in [2.75, 3.05) is 18.0 Å². The summed E-state index contributed by atoms with van der Waals surface area (Å²) in [6, 6.07) is 10.2. The van der Waals surface area contributed by atoms with Gasteiger partial charge in [0.25, 0.3) is 5.56 Å². The Morgan fingerprint density at radius 3 is 2.86 bits per heavy atom. The van der Waals surface area contributed by atoms with E-state index in [0.29, 0.717) is 18.5 Å². The Labute approximate surface area is 125 Å². The number of nitrogens with zero attached hydrogens (tertiary/aromatic N) is 2. The second-order valence-corrected chi connectivity index (χ2v) is 6.16. The highest BCUT2D eigenvalue weighted by atomic mass is 16.1. The van der Waals surface area contributed by atoms with E-state index in [1.807, 2.05) is 25.2 Å². The van der Waals surface area contributed by atoms with E-state index in [4.69, 9.17) is 5.73 Å². The van der Waals surface area contributed by atoms with Crippen molar-refractivity contribution in [1.29, 1.82) is 0 Å². The summed E-state index contributed by atoms with van der Waals surface area (Å²) in [4.78, 5) is 14.6. The van der Waals surface area contributed by atoms with Gasteiger partial charge in [0, 0.05) is 37.6 Å². The number of aryl methyl sites for hydroxylation is 1. The van der Waals surface area contributed by atoms with Gasteiger partial charge in [-0.05, 0) is 24.8 Å². The average molecular weight is 285 g/mol. The van der Waals surface area contributed by atoms with Crippen LogP contribution in [0.25, 0.3) is 10.9 Å². The van der Waals surface area contributed by atoms with Crippen LogP contribution in [0, 0.1) is 5.92 Å². The second kappa shape index (κ2) is 5.53. The van der Waals surface area contributed by atoms with Crippen molar-refractivity contribution in [2.45, 2.75) is 25.8 Å². The molecule has 0 saturated carbocycles. The number of benzene rings is 1. The summed E-state index contributed by atoms with van der Waals surface area (Å²) in [7, 11) is 1.83. The zero-order valence-electron chi connectivity index (χ0n) is 12.7. The van der Waals surface area contributed by atoms with Gasteiger partial charge in [-0.1, -0.05) is 25.1 Å². The first-order chi connectivity index (χ1) is 10.1. The topological polar surface area (TPSA) is 51.3 Å². The largest absolute Gasteiger partial charge is 0.367 e. The van der Waals surface area contributed by atoms with Gasteiger partial charge < -0.3 is 15.2 Å². The number of piperidine rings is 1. The summed E-state index contributed by atoms with van der Waals surface area (Å²) in [6.07, 6.45) is 2.25. The van der Waals surface area contributed by atoms with Gasteiger partial charge in [0.15, 0.2) is 0 Å². The Balaban J connectivity index is 2.16. The highest BCUT2D eigenvalue weighted by Gasteiger charge is 2.27. The van der Waals surface area contributed by atoms with Crippen LogP contribution in [0.15, 0.2) is 35.1 Å². The highest BCUT2D eigenvalue weighted by Crippen LogP contribution is 2.31. The molecule has 112 valence electrons. The zero-order chi connectivity index (χ0) is 15.0. The predicted molar refractivity (Wildman–Crippen MR) is 87.8 cm³/mol.